The molecule has 1 heterocycles. The topological polar surface area (TPSA) is 53.1 Å². The summed E-state index contributed by atoms with van der Waals surface area (Å²) in [5, 5.41) is 5.63. The van der Waals surface area contributed by atoms with Crippen LogP contribution in [0.1, 0.15) is 12.6 Å². The highest BCUT2D eigenvalue weighted by molar-refractivity contribution is 5.81. The molecule has 0 bridgehead atoms. The molecule has 4 nitrogen and oxygen atoms in total. The zero-order valence-corrected chi connectivity index (χ0v) is 9.52. The van der Waals surface area contributed by atoms with Crippen LogP contribution in [0.25, 0.3) is 10.9 Å². The van der Waals surface area contributed by atoms with Crippen molar-refractivity contribution in [2.24, 2.45) is 5.73 Å². The van der Waals surface area contributed by atoms with Gasteiger partial charge in [-0.25, -0.2) is 0 Å². The second-order valence-electron chi connectivity index (χ2n) is 3.59. The van der Waals surface area contributed by atoms with E-state index in [2.05, 4.69) is 17.2 Å². The van der Waals surface area contributed by atoms with Gasteiger partial charge in [0, 0.05) is 18.5 Å². The first kappa shape index (κ1) is 11.1. The van der Waals surface area contributed by atoms with E-state index in [0.29, 0.717) is 13.2 Å². The molecule has 16 heavy (non-hydrogen) atoms. The van der Waals surface area contributed by atoms with Gasteiger partial charge in [-0.1, -0.05) is 18.2 Å². The van der Waals surface area contributed by atoms with Gasteiger partial charge in [0.25, 0.3) is 0 Å². The van der Waals surface area contributed by atoms with Crippen LogP contribution in [0.15, 0.2) is 24.3 Å². The van der Waals surface area contributed by atoms with Crippen LogP contribution in [0.3, 0.4) is 0 Å². The molecule has 86 valence electrons. The van der Waals surface area contributed by atoms with E-state index >= 15 is 0 Å². The van der Waals surface area contributed by atoms with Crippen LogP contribution < -0.4 is 5.73 Å². The highest BCUT2D eigenvalue weighted by Crippen LogP contribution is 2.17. The van der Waals surface area contributed by atoms with E-state index in [0.717, 1.165) is 29.7 Å². The molecule has 0 amide bonds. The van der Waals surface area contributed by atoms with E-state index in [1.54, 1.807) is 0 Å². The maximum absolute atomic E-state index is 5.68. The van der Waals surface area contributed by atoms with Gasteiger partial charge < -0.3 is 10.5 Å². The Morgan fingerprint density at radius 1 is 1.38 bits per heavy atom. The summed E-state index contributed by atoms with van der Waals surface area (Å²) in [6, 6.07) is 8.15. The summed E-state index contributed by atoms with van der Waals surface area (Å²) in [5.41, 5.74) is 7.76. The molecule has 1 aromatic heterocycles. The number of benzene rings is 1. The fourth-order valence-corrected chi connectivity index (χ4v) is 1.81. The zero-order chi connectivity index (χ0) is 11.4. The SMILES string of the molecule is CCOCCn1nc(CN)c2ccccc21. The number of hydrogen-bond acceptors (Lipinski definition) is 3. The van der Waals surface area contributed by atoms with Gasteiger partial charge >= 0.3 is 0 Å². The van der Waals surface area contributed by atoms with Gasteiger partial charge in [0.2, 0.25) is 0 Å². The smallest absolute Gasteiger partial charge is 0.0839 e. The molecule has 2 rings (SSSR count). The monoisotopic (exact) mass is 219 g/mol. The molecular weight excluding hydrogens is 202 g/mol. The van der Waals surface area contributed by atoms with Crippen molar-refractivity contribution in [3.63, 3.8) is 0 Å². The van der Waals surface area contributed by atoms with Crippen LogP contribution in [0, 0.1) is 0 Å². The lowest BCUT2D eigenvalue weighted by Crippen LogP contribution is -2.08. The predicted octanol–water partition coefficient (Wildman–Crippen LogP) is 1.53. The molecule has 0 aliphatic heterocycles. The third kappa shape index (κ3) is 2.08. The Labute approximate surface area is 95.0 Å². The number of ether oxygens (including phenoxy) is 1. The summed E-state index contributed by atoms with van der Waals surface area (Å²) in [5.74, 6) is 0. The first-order chi connectivity index (χ1) is 7.86. The largest absolute Gasteiger partial charge is 0.380 e. The quantitative estimate of drug-likeness (QED) is 0.776. The molecule has 0 aliphatic carbocycles. The molecule has 1 aromatic carbocycles. The molecule has 2 aromatic rings. The summed E-state index contributed by atoms with van der Waals surface area (Å²) in [6.07, 6.45) is 0. The Kier molecular flexibility index (Phi) is 3.54. The Bertz CT molecular complexity index is 464. The van der Waals surface area contributed by atoms with Crippen molar-refractivity contribution < 1.29 is 4.74 Å². The Balaban J connectivity index is 2.30. The average Bonchev–Trinajstić information content (AvgIpc) is 2.68. The summed E-state index contributed by atoms with van der Waals surface area (Å²) in [7, 11) is 0. The minimum absolute atomic E-state index is 0.474. The second kappa shape index (κ2) is 5.09. The number of nitrogens with two attached hydrogens (primary N) is 1. The van der Waals surface area contributed by atoms with Crippen molar-refractivity contribution in [2.45, 2.75) is 20.0 Å². The van der Waals surface area contributed by atoms with Crippen LogP contribution in [0.5, 0.6) is 0 Å². The highest BCUT2D eigenvalue weighted by Gasteiger charge is 2.07. The lowest BCUT2D eigenvalue weighted by Gasteiger charge is -2.03. The number of hydrogen-bond donors (Lipinski definition) is 1. The van der Waals surface area contributed by atoms with E-state index in [1.807, 2.05) is 23.7 Å². The molecule has 0 unspecified atom stereocenters. The van der Waals surface area contributed by atoms with Gasteiger partial charge in [-0.2, -0.15) is 5.10 Å². The maximum atomic E-state index is 5.68. The van der Waals surface area contributed by atoms with Gasteiger partial charge in [-0.3, -0.25) is 4.68 Å². The molecule has 0 atom stereocenters. The van der Waals surface area contributed by atoms with Crippen LogP contribution in [-0.4, -0.2) is 23.0 Å². The van der Waals surface area contributed by atoms with E-state index in [1.165, 1.54) is 0 Å². The van der Waals surface area contributed by atoms with Crippen LogP contribution >= 0.6 is 0 Å². The van der Waals surface area contributed by atoms with E-state index in [4.69, 9.17) is 10.5 Å². The molecule has 4 heteroatoms. The Hall–Kier alpha value is -1.39. The van der Waals surface area contributed by atoms with Crippen LogP contribution in [0.4, 0.5) is 0 Å². The minimum atomic E-state index is 0.474. The van der Waals surface area contributed by atoms with Crippen molar-refractivity contribution in [3.05, 3.63) is 30.0 Å². The number of para-hydroxylation sites is 1. The zero-order valence-electron chi connectivity index (χ0n) is 9.52. The predicted molar refractivity (Wildman–Crippen MR) is 64.1 cm³/mol. The van der Waals surface area contributed by atoms with Gasteiger partial charge in [0.1, 0.15) is 0 Å². The first-order valence-electron chi connectivity index (χ1n) is 5.59. The molecule has 0 aliphatic rings. The lowest BCUT2D eigenvalue weighted by atomic mass is 10.2. The van der Waals surface area contributed by atoms with Gasteiger partial charge in [-0.05, 0) is 13.0 Å². The number of aromatic nitrogens is 2. The van der Waals surface area contributed by atoms with Crippen molar-refractivity contribution in [3.8, 4) is 0 Å². The summed E-state index contributed by atoms with van der Waals surface area (Å²) in [6.45, 7) is 4.66. The molecule has 0 saturated heterocycles. The maximum Gasteiger partial charge on any atom is 0.0839 e. The lowest BCUT2D eigenvalue weighted by molar-refractivity contribution is 0.137. The number of nitrogens with zero attached hydrogens (tertiary/aromatic N) is 2. The second-order valence-corrected chi connectivity index (χ2v) is 3.59. The van der Waals surface area contributed by atoms with Crippen molar-refractivity contribution >= 4 is 10.9 Å². The Morgan fingerprint density at radius 3 is 2.94 bits per heavy atom. The fourth-order valence-electron chi connectivity index (χ4n) is 1.81. The highest BCUT2D eigenvalue weighted by atomic mass is 16.5. The molecular formula is C12H17N3O. The first-order valence-corrected chi connectivity index (χ1v) is 5.59. The molecule has 2 N–H and O–H groups in total. The van der Waals surface area contributed by atoms with Crippen LogP contribution in [0.2, 0.25) is 0 Å². The van der Waals surface area contributed by atoms with Crippen molar-refractivity contribution in [2.75, 3.05) is 13.2 Å². The Morgan fingerprint density at radius 2 is 2.19 bits per heavy atom. The van der Waals surface area contributed by atoms with E-state index < -0.39 is 0 Å². The minimum Gasteiger partial charge on any atom is -0.380 e. The van der Waals surface area contributed by atoms with Gasteiger partial charge in [0.15, 0.2) is 0 Å². The number of rotatable bonds is 5. The van der Waals surface area contributed by atoms with E-state index in [-0.39, 0.29) is 0 Å². The fraction of sp³-hybridized carbons (Fsp3) is 0.417. The average molecular weight is 219 g/mol. The number of fused-ring (bicyclic) bond motifs is 1. The van der Waals surface area contributed by atoms with Gasteiger partial charge in [-0.15, -0.1) is 0 Å². The normalized spacial score (nSPS) is 11.1. The van der Waals surface area contributed by atoms with Crippen molar-refractivity contribution in [1.29, 1.82) is 0 Å². The van der Waals surface area contributed by atoms with Gasteiger partial charge in [0.05, 0.1) is 24.4 Å². The summed E-state index contributed by atoms with van der Waals surface area (Å²) in [4.78, 5) is 0. The third-order valence-electron chi connectivity index (χ3n) is 2.58. The van der Waals surface area contributed by atoms with Crippen molar-refractivity contribution in [1.82, 2.24) is 9.78 Å². The van der Waals surface area contributed by atoms with E-state index in [9.17, 15) is 0 Å². The standard InChI is InChI=1S/C12H17N3O/c1-2-16-8-7-15-12-6-4-3-5-10(12)11(9-13)14-15/h3-6H,2,7-9,13H2,1H3. The molecule has 0 fully saturated rings. The summed E-state index contributed by atoms with van der Waals surface area (Å²) < 4.78 is 7.30. The molecule has 0 spiro atoms. The third-order valence-corrected chi connectivity index (χ3v) is 2.58. The summed E-state index contributed by atoms with van der Waals surface area (Å²) >= 11 is 0. The molecule has 0 saturated carbocycles. The molecule has 0 radical (unpaired) electrons. The van der Waals surface area contributed by atoms with Crippen LogP contribution in [-0.2, 0) is 17.8 Å².